The van der Waals surface area contributed by atoms with Gasteiger partial charge in [0.1, 0.15) is 0 Å². The lowest BCUT2D eigenvalue weighted by molar-refractivity contribution is 0.103. The van der Waals surface area contributed by atoms with E-state index >= 15 is 0 Å². The molecular formula is C20H24N2O3S2. The summed E-state index contributed by atoms with van der Waals surface area (Å²) >= 11 is 1.56. The SMILES string of the molecule is C[C@@H]1CCc2sc(C(=O)Nc3cccc(S(=O)(=O)N4CCCC4)c3)cc2C1. The van der Waals surface area contributed by atoms with Gasteiger partial charge in [-0.05, 0) is 67.9 Å². The maximum atomic E-state index is 12.7. The van der Waals surface area contributed by atoms with Crippen molar-refractivity contribution in [2.75, 3.05) is 18.4 Å². The highest BCUT2D eigenvalue weighted by atomic mass is 32.2. The topological polar surface area (TPSA) is 66.5 Å². The molecule has 0 unspecified atom stereocenters. The molecule has 1 fully saturated rings. The molecule has 1 aromatic carbocycles. The molecule has 27 heavy (non-hydrogen) atoms. The van der Waals surface area contributed by atoms with E-state index in [0.717, 1.165) is 25.7 Å². The second-order valence-corrected chi connectivity index (χ2v) is 10.6. The summed E-state index contributed by atoms with van der Waals surface area (Å²) in [6.45, 7) is 3.38. The Kier molecular flexibility index (Phi) is 5.09. The van der Waals surface area contributed by atoms with Crippen LogP contribution in [0.5, 0.6) is 0 Å². The van der Waals surface area contributed by atoms with Crippen molar-refractivity contribution in [2.45, 2.75) is 43.9 Å². The summed E-state index contributed by atoms with van der Waals surface area (Å²) in [5.74, 6) is 0.494. The average Bonchev–Trinajstić information content (AvgIpc) is 3.31. The minimum atomic E-state index is -3.49. The number of anilines is 1. The molecule has 1 aliphatic carbocycles. The number of thiophene rings is 1. The van der Waals surface area contributed by atoms with Gasteiger partial charge in [-0.25, -0.2) is 8.42 Å². The van der Waals surface area contributed by atoms with Crippen LogP contribution in [-0.4, -0.2) is 31.7 Å². The number of hydrogen-bond donors (Lipinski definition) is 1. The number of rotatable bonds is 4. The van der Waals surface area contributed by atoms with E-state index in [-0.39, 0.29) is 10.8 Å². The number of nitrogens with one attached hydrogen (secondary N) is 1. The molecule has 1 saturated heterocycles. The fourth-order valence-corrected chi connectivity index (χ4v) is 6.49. The minimum Gasteiger partial charge on any atom is -0.321 e. The Labute approximate surface area is 164 Å². The first-order valence-corrected chi connectivity index (χ1v) is 11.7. The van der Waals surface area contributed by atoms with E-state index in [2.05, 4.69) is 12.2 Å². The molecular weight excluding hydrogens is 380 g/mol. The number of carbonyl (C=O) groups is 1. The van der Waals surface area contributed by atoms with E-state index < -0.39 is 10.0 Å². The van der Waals surface area contributed by atoms with Gasteiger partial charge in [-0.15, -0.1) is 11.3 Å². The summed E-state index contributed by atoms with van der Waals surface area (Å²) in [5, 5.41) is 2.87. The van der Waals surface area contributed by atoms with Crippen LogP contribution in [0.25, 0.3) is 0 Å². The van der Waals surface area contributed by atoms with Gasteiger partial charge >= 0.3 is 0 Å². The predicted molar refractivity (Wildman–Crippen MR) is 108 cm³/mol. The highest BCUT2D eigenvalue weighted by Gasteiger charge is 2.27. The number of sulfonamides is 1. The Morgan fingerprint density at radius 3 is 2.78 bits per heavy atom. The molecule has 1 aromatic heterocycles. The van der Waals surface area contributed by atoms with Gasteiger partial charge in [0.15, 0.2) is 0 Å². The first-order valence-electron chi connectivity index (χ1n) is 9.46. The number of carbonyl (C=O) groups excluding carboxylic acids is 1. The molecule has 2 aromatic rings. The van der Waals surface area contributed by atoms with Crippen LogP contribution in [0.15, 0.2) is 35.2 Å². The zero-order chi connectivity index (χ0) is 19.0. The zero-order valence-electron chi connectivity index (χ0n) is 15.4. The van der Waals surface area contributed by atoms with E-state index in [1.54, 1.807) is 35.6 Å². The van der Waals surface area contributed by atoms with Crippen molar-refractivity contribution >= 4 is 33.0 Å². The van der Waals surface area contributed by atoms with Gasteiger partial charge in [-0.2, -0.15) is 4.31 Å². The molecule has 0 saturated carbocycles. The average molecular weight is 405 g/mol. The highest BCUT2D eigenvalue weighted by Crippen LogP contribution is 2.32. The second kappa shape index (κ2) is 7.37. The Balaban J connectivity index is 1.52. The number of amides is 1. The van der Waals surface area contributed by atoms with E-state index in [9.17, 15) is 13.2 Å². The molecule has 4 rings (SSSR count). The molecule has 1 atom stereocenters. The smallest absolute Gasteiger partial charge is 0.265 e. The van der Waals surface area contributed by atoms with Crippen LogP contribution in [0.4, 0.5) is 5.69 Å². The van der Waals surface area contributed by atoms with Crippen molar-refractivity contribution in [3.63, 3.8) is 0 Å². The lowest BCUT2D eigenvalue weighted by Gasteiger charge is -2.16. The Hall–Kier alpha value is -1.70. The summed E-state index contributed by atoms with van der Waals surface area (Å²) in [6, 6.07) is 8.56. The quantitative estimate of drug-likeness (QED) is 0.840. The number of nitrogens with zero attached hydrogens (tertiary/aromatic N) is 1. The van der Waals surface area contributed by atoms with Crippen LogP contribution in [0, 0.1) is 5.92 Å². The van der Waals surface area contributed by atoms with E-state index in [0.29, 0.717) is 29.6 Å². The van der Waals surface area contributed by atoms with Crippen molar-refractivity contribution in [2.24, 2.45) is 5.92 Å². The van der Waals surface area contributed by atoms with E-state index in [1.165, 1.54) is 21.2 Å². The van der Waals surface area contributed by atoms with Gasteiger partial charge in [0, 0.05) is 23.7 Å². The molecule has 1 N–H and O–H groups in total. The second-order valence-electron chi connectivity index (χ2n) is 7.50. The van der Waals surface area contributed by atoms with Gasteiger partial charge in [-0.3, -0.25) is 4.79 Å². The van der Waals surface area contributed by atoms with Gasteiger partial charge < -0.3 is 5.32 Å². The van der Waals surface area contributed by atoms with Crippen molar-refractivity contribution < 1.29 is 13.2 Å². The maximum Gasteiger partial charge on any atom is 0.265 e. The van der Waals surface area contributed by atoms with E-state index in [1.807, 2.05) is 6.07 Å². The van der Waals surface area contributed by atoms with Crippen molar-refractivity contribution in [1.82, 2.24) is 4.31 Å². The van der Waals surface area contributed by atoms with Crippen molar-refractivity contribution in [3.05, 3.63) is 45.6 Å². The van der Waals surface area contributed by atoms with Gasteiger partial charge in [0.25, 0.3) is 5.91 Å². The first-order chi connectivity index (χ1) is 12.9. The van der Waals surface area contributed by atoms with Gasteiger partial charge in [-0.1, -0.05) is 13.0 Å². The number of benzene rings is 1. The third kappa shape index (κ3) is 3.81. The normalized spacial score (nSPS) is 20.4. The summed E-state index contributed by atoms with van der Waals surface area (Å²) in [4.78, 5) is 14.9. The van der Waals surface area contributed by atoms with Crippen LogP contribution in [-0.2, 0) is 22.9 Å². The lowest BCUT2D eigenvalue weighted by Crippen LogP contribution is -2.27. The molecule has 0 bridgehead atoms. The monoisotopic (exact) mass is 404 g/mol. The third-order valence-corrected chi connectivity index (χ3v) is 8.48. The summed E-state index contributed by atoms with van der Waals surface area (Å²) in [5.41, 5.74) is 1.80. The van der Waals surface area contributed by atoms with E-state index in [4.69, 9.17) is 0 Å². The molecule has 1 aliphatic heterocycles. The van der Waals surface area contributed by atoms with Crippen LogP contribution in [0.1, 0.15) is 46.3 Å². The van der Waals surface area contributed by atoms with Crippen molar-refractivity contribution in [3.8, 4) is 0 Å². The first kappa shape index (κ1) is 18.7. The zero-order valence-corrected chi connectivity index (χ0v) is 17.0. The standard InChI is InChI=1S/C20H24N2O3S2/c1-14-7-8-18-15(11-14)12-19(26-18)20(23)21-16-5-4-6-17(13-16)27(24,25)22-9-2-3-10-22/h4-6,12-14H,2-3,7-11H2,1H3,(H,21,23)/t14-/m1/s1. The number of aryl methyl sites for hydroxylation is 1. The Morgan fingerprint density at radius 2 is 2.00 bits per heavy atom. The Morgan fingerprint density at radius 1 is 1.22 bits per heavy atom. The molecule has 144 valence electrons. The molecule has 2 heterocycles. The molecule has 0 spiro atoms. The summed E-state index contributed by atoms with van der Waals surface area (Å²) < 4.78 is 27.0. The number of hydrogen-bond acceptors (Lipinski definition) is 4. The van der Waals surface area contributed by atoms with Gasteiger partial charge in [0.2, 0.25) is 10.0 Å². The number of fused-ring (bicyclic) bond motifs is 1. The largest absolute Gasteiger partial charge is 0.321 e. The fraction of sp³-hybridized carbons (Fsp3) is 0.450. The van der Waals surface area contributed by atoms with Crippen LogP contribution in [0.2, 0.25) is 0 Å². The van der Waals surface area contributed by atoms with Crippen LogP contribution >= 0.6 is 11.3 Å². The molecule has 7 heteroatoms. The van der Waals surface area contributed by atoms with Gasteiger partial charge in [0.05, 0.1) is 9.77 Å². The predicted octanol–water partition coefficient (Wildman–Crippen LogP) is 3.91. The molecule has 2 aliphatic rings. The summed E-state index contributed by atoms with van der Waals surface area (Å²) in [7, 11) is -3.49. The maximum absolute atomic E-state index is 12.7. The van der Waals surface area contributed by atoms with Crippen molar-refractivity contribution in [1.29, 1.82) is 0 Å². The third-order valence-electron chi connectivity index (χ3n) is 5.35. The summed E-state index contributed by atoms with van der Waals surface area (Å²) in [6.07, 6.45) is 5.04. The lowest BCUT2D eigenvalue weighted by atomic mass is 9.90. The highest BCUT2D eigenvalue weighted by molar-refractivity contribution is 7.89. The molecule has 5 nitrogen and oxygen atoms in total. The minimum absolute atomic E-state index is 0.169. The van der Waals surface area contributed by atoms with Crippen LogP contribution in [0.3, 0.4) is 0 Å². The fourth-order valence-electron chi connectivity index (χ4n) is 3.82. The molecule has 0 radical (unpaired) electrons. The van der Waals surface area contributed by atoms with Crippen LogP contribution < -0.4 is 5.32 Å². The Bertz CT molecular complexity index is 959. The molecule has 1 amide bonds.